The lowest BCUT2D eigenvalue weighted by atomic mass is 9.70. The molecule has 0 aliphatic carbocycles. The van der Waals surface area contributed by atoms with E-state index in [0.29, 0.717) is 6.54 Å². The first-order chi connectivity index (χ1) is 11.0. The highest BCUT2D eigenvalue weighted by molar-refractivity contribution is 7.89. The Balaban J connectivity index is 2.78. The van der Waals surface area contributed by atoms with Crippen molar-refractivity contribution in [3.05, 3.63) is 11.3 Å². The van der Waals surface area contributed by atoms with Gasteiger partial charge in [-0.15, -0.1) is 0 Å². The molecule has 5 nitrogen and oxygen atoms in total. The third kappa shape index (κ3) is 3.80. The molecule has 0 radical (unpaired) electrons. The van der Waals surface area contributed by atoms with Gasteiger partial charge in [0.25, 0.3) is 0 Å². The van der Waals surface area contributed by atoms with Gasteiger partial charge in [-0.25, -0.2) is 8.42 Å². The van der Waals surface area contributed by atoms with Crippen LogP contribution in [0, 0.1) is 16.2 Å². The van der Waals surface area contributed by atoms with E-state index < -0.39 is 10.0 Å². The lowest BCUT2D eigenvalue weighted by Crippen LogP contribution is -2.56. The Kier molecular flexibility index (Phi) is 4.75. The number of hydrogen-bond donors (Lipinski definition) is 0. The van der Waals surface area contributed by atoms with E-state index in [9.17, 15) is 8.42 Å². The highest BCUT2D eigenvalue weighted by atomic mass is 32.2. The minimum Gasteiger partial charge on any atom is -0.316 e. The number of aliphatic imine (C=N–C) groups is 1. The van der Waals surface area contributed by atoms with Gasteiger partial charge in [0.15, 0.2) is 0 Å². The summed E-state index contributed by atoms with van der Waals surface area (Å²) in [5.41, 5.74) is 2.04. The van der Waals surface area contributed by atoms with Crippen LogP contribution in [0.5, 0.6) is 0 Å². The summed E-state index contributed by atoms with van der Waals surface area (Å²) < 4.78 is 26.6. The fraction of sp³-hybridized carbons (Fsp3) is 0.842. The van der Waals surface area contributed by atoms with Crippen molar-refractivity contribution in [2.24, 2.45) is 21.2 Å². The summed E-state index contributed by atoms with van der Waals surface area (Å²) in [6, 6.07) is 0.0437. The zero-order valence-electron chi connectivity index (χ0n) is 17.6. The zero-order valence-corrected chi connectivity index (χ0v) is 18.4. The van der Waals surface area contributed by atoms with Crippen LogP contribution in [0.3, 0.4) is 0 Å². The third-order valence-corrected chi connectivity index (χ3v) is 6.52. The Morgan fingerprint density at radius 1 is 0.960 bits per heavy atom. The molecule has 2 aliphatic heterocycles. The van der Waals surface area contributed by atoms with Crippen molar-refractivity contribution in [2.75, 3.05) is 19.5 Å². The number of likely N-dealkylation sites (N-methyl/N-ethyl adjacent to an activating group) is 1. The largest absolute Gasteiger partial charge is 0.316 e. The molecule has 1 unspecified atom stereocenters. The predicted octanol–water partition coefficient (Wildman–Crippen LogP) is 3.69. The van der Waals surface area contributed by atoms with Crippen LogP contribution in [0.25, 0.3) is 0 Å². The van der Waals surface area contributed by atoms with E-state index in [1.807, 2.05) is 4.90 Å². The molecular weight excluding hydrogens is 334 g/mol. The standard InChI is InChI=1S/C19H35N3O2S/c1-17(2,3)14-13-11-21(10)25(23,24)12-22(13)16(19(7,8)9)20-15(14)18(4,5)6/h15H,11-12H2,1-10H3. The summed E-state index contributed by atoms with van der Waals surface area (Å²) >= 11 is 0. The Labute approximate surface area is 154 Å². The first-order valence-corrected chi connectivity index (χ1v) is 10.6. The van der Waals surface area contributed by atoms with Crippen LogP contribution in [0.2, 0.25) is 0 Å². The van der Waals surface area contributed by atoms with Crippen LogP contribution < -0.4 is 0 Å². The van der Waals surface area contributed by atoms with Gasteiger partial charge in [-0.3, -0.25) is 4.99 Å². The molecule has 1 atom stereocenters. The van der Waals surface area contributed by atoms with Crippen LogP contribution in [-0.2, 0) is 10.0 Å². The normalized spacial score (nSPS) is 25.8. The molecule has 0 N–H and O–H groups in total. The molecule has 2 rings (SSSR count). The van der Waals surface area contributed by atoms with Crippen molar-refractivity contribution in [1.82, 2.24) is 9.21 Å². The van der Waals surface area contributed by atoms with E-state index in [1.165, 1.54) is 9.88 Å². The molecule has 0 aromatic rings. The molecule has 2 heterocycles. The van der Waals surface area contributed by atoms with Crippen molar-refractivity contribution >= 4 is 15.9 Å². The second-order valence-corrected chi connectivity index (χ2v) is 12.6. The summed E-state index contributed by atoms with van der Waals surface area (Å²) in [4.78, 5) is 7.12. The second kappa shape index (κ2) is 5.81. The second-order valence-electron chi connectivity index (χ2n) is 10.5. The number of hydrogen-bond acceptors (Lipinski definition) is 4. The van der Waals surface area contributed by atoms with Gasteiger partial charge >= 0.3 is 0 Å². The molecular formula is C19H35N3O2S. The Hall–Kier alpha value is -0.880. The van der Waals surface area contributed by atoms with Gasteiger partial charge in [-0.1, -0.05) is 62.3 Å². The maximum Gasteiger partial charge on any atom is 0.232 e. The van der Waals surface area contributed by atoms with Crippen LogP contribution >= 0.6 is 0 Å². The fourth-order valence-electron chi connectivity index (χ4n) is 3.64. The van der Waals surface area contributed by atoms with E-state index in [0.717, 1.165) is 11.5 Å². The quantitative estimate of drug-likeness (QED) is 0.654. The van der Waals surface area contributed by atoms with E-state index in [-0.39, 0.29) is 28.2 Å². The number of fused-ring (bicyclic) bond motifs is 1. The zero-order chi connectivity index (χ0) is 19.6. The highest BCUT2D eigenvalue weighted by Gasteiger charge is 2.47. The Morgan fingerprint density at radius 2 is 1.48 bits per heavy atom. The van der Waals surface area contributed by atoms with Crippen LogP contribution in [-0.4, -0.2) is 49.0 Å². The van der Waals surface area contributed by atoms with Crippen molar-refractivity contribution in [2.45, 2.75) is 68.4 Å². The van der Waals surface area contributed by atoms with Gasteiger partial charge in [-0.2, -0.15) is 4.31 Å². The molecule has 0 aromatic heterocycles. The van der Waals surface area contributed by atoms with E-state index in [1.54, 1.807) is 7.05 Å². The molecule has 6 heteroatoms. The molecule has 2 aliphatic rings. The lowest BCUT2D eigenvalue weighted by molar-refractivity contribution is 0.270. The van der Waals surface area contributed by atoms with Crippen molar-refractivity contribution in [3.63, 3.8) is 0 Å². The third-order valence-electron chi connectivity index (χ3n) is 4.86. The van der Waals surface area contributed by atoms with Gasteiger partial charge < -0.3 is 4.90 Å². The molecule has 1 saturated heterocycles. The van der Waals surface area contributed by atoms with Crippen molar-refractivity contribution in [3.8, 4) is 0 Å². The van der Waals surface area contributed by atoms with Crippen molar-refractivity contribution in [1.29, 1.82) is 0 Å². The number of nitrogens with zero attached hydrogens (tertiary/aromatic N) is 3. The van der Waals surface area contributed by atoms with Gasteiger partial charge in [0.1, 0.15) is 11.7 Å². The Morgan fingerprint density at radius 3 is 1.88 bits per heavy atom. The van der Waals surface area contributed by atoms with E-state index >= 15 is 0 Å². The summed E-state index contributed by atoms with van der Waals surface area (Å²) in [6.45, 7) is 20.0. The monoisotopic (exact) mass is 369 g/mol. The Bertz CT molecular complexity index is 713. The minimum atomic E-state index is -3.30. The van der Waals surface area contributed by atoms with Gasteiger partial charge in [0, 0.05) is 18.2 Å². The SMILES string of the molecule is CN1CC2=C(C(C)(C)C)C(C(C)(C)C)N=C(C(C)(C)C)N2CS1(=O)=O. The van der Waals surface area contributed by atoms with Crippen LogP contribution in [0.15, 0.2) is 16.3 Å². The average molecular weight is 370 g/mol. The van der Waals surface area contributed by atoms with Gasteiger partial charge in [0.2, 0.25) is 10.0 Å². The highest BCUT2D eigenvalue weighted by Crippen LogP contribution is 2.45. The van der Waals surface area contributed by atoms with E-state index in [4.69, 9.17) is 4.99 Å². The van der Waals surface area contributed by atoms with Gasteiger partial charge in [-0.05, 0) is 16.4 Å². The first kappa shape index (κ1) is 20.4. The molecule has 0 saturated carbocycles. The van der Waals surface area contributed by atoms with E-state index in [2.05, 4.69) is 62.3 Å². The molecule has 0 aromatic carbocycles. The molecule has 0 spiro atoms. The number of amidine groups is 1. The molecule has 0 bridgehead atoms. The summed E-state index contributed by atoms with van der Waals surface area (Å²) in [7, 11) is -1.63. The topological polar surface area (TPSA) is 53.0 Å². The molecule has 25 heavy (non-hydrogen) atoms. The lowest BCUT2D eigenvalue weighted by Gasteiger charge is -2.50. The average Bonchev–Trinajstić information content (AvgIpc) is 2.34. The molecule has 144 valence electrons. The fourth-order valence-corrected chi connectivity index (χ4v) is 4.76. The summed E-state index contributed by atoms with van der Waals surface area (Å²) in [5, 5.41) is 0. The minimum absolute atomic E-state index is 0.0224. The first-order valence-electron chi connectivity index (χ1n) is 8.99. The predicted molar refractivity (Wildman–Crippen MR) is 105 cm³/mol. The van der Waals surface area contributed by atoms with Crippen LogP contribution in [0.4, 0.5) is 0 Å². The molecule has 0 amide bonds. The van der Waals surface area contributed by atoms with Crippen molar-refractivity contribution < 1.29 is 8.42 Å². The number of rotatable bonds is 0. The van der Waals surface area contributed by atoms with Gasteiger partial charge in [0.05, 0.1) is 12.6 Å². The number of sulfonamides is 1. The summed E-state index contributed by atoms with van der Waals surface area (Å²) in [6.07, 6.45) is 0. The smallest absolute Gasteiger partial charge is 0.232 e. The van der Waals surface area contributed by atoms with Crippen LogP contribution in [0.1, 0.15) is 62.3 Å². The summed E-state index contributed by atoms with van der Waals surface area (Å²) in [5.74, 6) is 0.859. The maximum absolute atomic E-state index is 12.6. The molecule has 1 fully saturated rings. The maximum atomic E-state index is 12.6.